The third-order valence-electron chi connectivity index (χ3n) is 3.61. The number of pyridine rings is 1. The number of benzene rings is 2. The second kappa shape index (κ2) is 5.83. The van der Waals surface area contributed by atoms with E-state index >= 15 is 0 Å². The van der Waals surface area contributed by atoms with E-state index in [1.54, 1.807) is 0 Å². The Hall–Kier alpha value is -2.92. The van der Waals surface area contributed by atoms with Crippen LogP contribution in [0, 0.1) is 25.2 Å². The summed E-state index contributed by atoms with van der Waals surface area (Å²) in [6.45, 7) is 4.09. The molecule has 2 nitrogen and oxygen atoms in total. The van der Waals surface area contributed by atoms with Crippen LogP contribution < -0.4 is 0 Å². The van der Waals surface area contributed by atoms with Gasteiger partial charge in [-0.2, -0.15) is 5.26 Å². The summed E-state index contributed by atoms with van der Waals surface area (Å²) in [6, 6.07) is 22.3. The molecular weight excluding hydrogens is 268 g/mol. The van der Waals surface area contributed by atoms with E-state index < -0.39 is 0 Å². The number of rotatable bonds is 2. The zero-order valence-corrected chi connectivity index (χ0v) is 12.7. The zero-order chi connectivity index (χ0) is 15.5. The molecule has 0 spiro atoms. The second-order valence-electron chi connectivity index (χ2n) is 5.44. The highest BCUT2D eigenvalue weighted by atomic mass is 14.7. The van der Waals surface area contributed by atoms with Gasteiger partial charge >= 0.3 is 0 Å². The summed E-state index contributed by atoms with van der Waals surface area (Å²) in [6.07, 6.45) is 0. The SMILES string of the molecule is Cc1cc(-c2ccc(C#N)cc2)cc(-c2cccc(C)n2)c1. The highest BCUT2D eigenvalue weighted by molar-refractivity contribution is 5.73. The lowest BCUT2D eigenvalue weighted by molar-refractivity contribution is 1.20. The molecule has 0 aliphatic carbocycles. The van der Waals surface area contributed by atoms with Gasteiger partial charge in [-0.1, -0.05) is 24.3 Å². The highest BCUT2D eigenvalue weighted by Gasteiger charge is 2.05. The van der Waals surface area contributed by atoms with Gasteiger partial charge in [0.1, 0.15) is 0 Å². The first kappa shape index (κ1) is 14.0. The van der Waals surface area contributed by atoms with Gasteiger partial charge in [0.15, 0.2) is 0 Å². The van der Waals surface area contributed by atoms with Crippen molar-refractivity contribution < 1.29 is 0 Å². The molecule has 0 N–H and O–H groups in total. The van der Waals surface area contributed by atoms with E-state index in [2.05, 4.69) is 36.2 Å². The van der Waals surface area contributed by atoms with Crippen LogP contribution in [-0.2, 0) is 0 Å². The molecule has 1 heterocycles. The number of aromatic nitrogens is 1. The van der Waals surface area contributed by atoms with Gasteiger partial charge in [0.2, 0.25) is 0 Å². The standard InChI is InChI=1S/C20H16N2/c1-14-10-18(17-8-6-16(13-21)7-9-17)12-19(11-14)20-5-3-4-15(2)22-20/h3-12H,1-2H3. The minimum absolute atomic E-state index is 0.678. The van der Waals surface area contributed by atoms with Crippen molar-refractivity contribution in [3.05, 3.63) is 77.5 Å². The van der Waals surface area contributed by atoms with Gasteiger partial charge in [-0.3, -0.25) is 4.98 Å². The molecule has 2 heteroatoms. The van der Waals surface area contributed by atoms with Crippen LogP contribution in [0.25, 0.3) is 22.4 Å². The minimum atomic E-state index is 0.678. The molecule has 3 aromatic rings. The maximum absolute atomic E-state index is 8.90. The first-order chi connectivity index (χ1) is 10.7. The maximum Gasteiger partial charge on any atom is 0.0991 e. The molecule has 0 saturated heterocycles. The quantitative estimate of drug-likeness (QED) is 0.670. The molecule has 0 aliphatic heterocycles. The molecule has 0 saturated carbocycles. The predicted octanol–water partition coefficient (Wildman–Crippen LogP) is 4.90. The number of hydrogen-bond donors (Lipinski definition) is 0. The Morgan fingerprint density at radius 2 is 1.55 bits per heavy atom. The van der Waals surface area contributed by atoms with Crippen LogP contribution in [0.5, 0.6) is 0 Å². The van der Waals surface area contributed by atoms with Crippen LogP contribution in [0.1, 0.15) is 16.8 Å². The Labute approximate surface area is 130 Å². The lowest BCUT2D eigenvalue weighted by Gasteiger charge is -2.08. The molecule has 0 aliphatic rings. The molecule has 0 fully saturated rings. The summed E-state index contributed by atoms with van der Waals surface area (Å²) in [4.78, 5) is 4.60. The van der Waals surface area contributed by atoms with Crippen molar-refractivity contribution in [3.8, 4) is 28.5 Å². The number of nitrogens with zero attached hydrogens (tertiary/aromatic N) is 2. The van der Waals surface area contributed by atoms with Crippen molar-refractivity contribution in [2.24, 2.45) is 0 Å². The fourth-order valence-electron chi connectivity index (χ4n) is 2.54. The Bertz CT molecular complexity index is 856. The van der Waals surface area contributed by atoms with Crippen molar-refractivity contribution in [1.82, 2.24) is 4.98 Å². The molecule has 0 unspecified atom stereocenters. The first-order valence-electron chi connectivity index (χ1n) is 7.22. The predicted molar refractivity (Wildman–Crippen MR) is 89.3 cm³/mol. The first-order valence-corrected chi connectivity index (χ1v) is 7.22. The Morgan fingerprint density at radius 3 is 2.23 bits per heavy atom. The molecule has 0 radical (unpaired) electrons. The largest absolute Gasteiger partial charge is 0.253 e. The van der Waals surface area contributed by atoms with Gasteiger partial charge in [-0.25, -0.2) is 0 Å². The van der Waals surface area contributed by atoms with Gasteiger partial charge < -0.3 is 0 Å². The van der Waals surface area contributed by atoms with Gasteiger partial charge in [-0.15, -0.1) is 0 Å². The summed E-state index contributed by atoms with van der Waals surface area (Å²) in [5.74, 6) is 0. The van der Waals surface area contributed by atoms with Crippen molar-refractivity contribution in [2.45, 2.75) is 13.8 Å². The van der Waals surface area contributed by atoms with Gasteiger partial charge in [0.05, 0.1) is 17.3 Å². The van der Waals surface area contributed by atoms with Crippen LogP contribution in [0.3, 0.4) is 0 Å². The third kappa shape index (κ3) is 2.89. The van der Waals surface area contributed by atoms with E-state index in [1.807, 2.05) is 49.4 Å². The van der Waals surface area contributed by atoms with Gasteiger partial charge in [-0.05, 0) is 66.9 Å². The molecule has 3 rings (SSSR count). The van der Waals surface area contributed by atoms with E-state index in [9.17, 15) is 0 Å². The Morgan fingerprint density at radius 1 is 0.818 bits per heavy atom. The van der Waals surface area contributed by atoms with E-state index in [-0.39, 0.29) is 0 Å². The molecule has 0 bridgehead atoms. The van der Waals surface area contributed by atoms with Crippen LogP contribution >= 0.6 is 0 Å². The average molecular weight is 284 g/mol. The second-order valence-corrected chi connectivity index (χ2v) is 5.44. The van der Waals surface area contributed by atoms with Crippen LogP contribution in [0.2, 0.25) is 0 Å². The molecule has 2 aromatic carbocycles. The molecule has 0 atom stereocenters. The Balaban J connectivity index is 2.08. The molecular formula is C20H16N2. The van der Waals surface area contributed by atoms with Crippen LogP contribution in [0.15, 0.2) is 60.7 Å². The lowest BCUT2D eigenvalue weighted by Crippen LogP contribution is -1.89. The van der Waals surface area contributed by atoms with Crippen LogP contribution in [0.4, 0.5) is 0 Å². The summed E-state index contributed by atoms with van der Waals surface area (Å²) in [5.41, 5.74) is 7.23. The molecule has 1 aromatic heterocycles. The monoisotopic (exact) mass is 284 g/mol. The minimum Gasteiger partial charge on any atom is -0.253 e. The van der Waals surface area contributed by atoms with Crippen molar-refractivity contribution in [2.75, 3.05) is 0 Å². The number of nitriles is 1. The molecule has 106 valence electrons. The van der Waals surface area contributed by atoms with E-state index in [0.717, 1.165) is 28.1 Å². The maximum atomic E-state index is 8.90. The average Bonchev–Trinajstić information content (AvgIpc) is 2.54. The summed E-state index contributed by atoms with van der Waals surface area (Å²) in [5, 5.41) is 8.90. The van der Waals surface area contributed by atoms with Crippen molar-refractivity contribution >= 4 is 0 Å². The van der Waals surface area contributed by atoms with E-state index in [0.29, 0.717) is 5.56 Å². The summed E-state index contributed by atoms with van der Waals surface area (Å²) < 4.78 is 0. The number of hydrogen-bond acceptors (Lipinski definition) is 2. The van der Waals surface area contributed by atoms with Crippen molar-refractivity contribution in [3.63, 3.8) is 0 Å². The number of aryl methyl sites for hydroxylation is 2. The molecule has 22 heavy (non-hydrogen) atoms. The summed E-state index contributed by atoms with van der Waals surface area (Å²) >= 11 is 0. The lowest BCUT2D eigenvalue weighted by atomic mass is 9.98. The smallest absolute Gasteiger partial charge is 0.0991 e. The van der Waals surface area contributed by atoms with Crippen LogP contribution in [-0.4, -0.2) is 4.98 Å². The fraction of sp³-hybridized carbons (Fsp3) is 0.100. The Kier molecular flexibility index (Phi) is 3.72. The van der Waals surface area contributed by atoms with Gasteiger partial charge in [0.25, 0.3) is 0 Å². The highest BCUT2D eigenvalue weighted by Crippen LogP contribution is 2.27. The summed E-state index contributed by atoms with van der Waals surface area (Å²) in [7, 11) is 0. The van der Waals surface area contributed by atoms with E-state index in [4.69, 9.17) is 5.26 Å². The molecule has 0 amide bonds. The normalized spacial score (nSPS) is 10.2. The third-order valence-corrected chi connectivity index (χ3v) is 3.61. The topological polar surface area (TPSA) is 36.7 Å². The van der Waals surface area contributed by atoms with Crippen molar-refractivity contribution in [1.29, 1.82) is 5.26 Å². The fourth-order valence-corrected chi connectivity index (χ4v) is 2.54. The zero-order valence-electron chi connectivity index (χ0n) is 12.7. The van der Waals surface area contributed by atoms with E-state index in [1.165, 1.54) is 5.56 Å². The van der Waals surface area contributed by atoms with Gasteiger partial charge in [0, 0.05) is 11.3 Å².